The number of furan rings is 1. The van der Waals surface area contributed by atoms with Crippen molar-refractivity contribution in [3.05, 3.63) is 48.2 Å². The molecule has 1 aromatic heterocycles. The van der Waals surface area contributed by atoms with Crippen LogP contribution in [0.4, 0.5) is 9.59 Å². The normalized spacial score (nSPS) is 20.6. The van der Waals surface area contributed by atoms with Crippen molar-refractivity contribution in [1.29, 1.82) is 0 Å². The molecule has 268 valence electrons. The van der Waals surface area contributed by atoms with Gasteiger partial charge in [0.25, 0.3) is 0 Å². The highest BCUT2D eigenvalue weighted by Gasteiger charge is 2.59. The first-order chi connectivity index (χ1) is 22.2. The van der Waals surface area contributed by atoms with E-state index in [0.29, 0.717) is 25.9 Å². The summed E-state index contributed by atoms with van der Waals surface area (Å²) >= 11 is 0. The SMILES string of the molecule is CCOP1(=O)CCN(Cc2ccccc2-c2ccco2)CC1(CCCCN(C(=O)OC(C)(C)C)C(=O)OC(C)(C)C)C(=O)OC(C)(C)C. The zero-order valence-corrected chi connectivity index (χ0v) is 31.3. The number of rotatable bonds is 11. The Balaban J connectivity index is 1.92. The van der Waals surface area contributed by atoms with Gasteiger partial charge in [0.2, 0.25) is 7.37 Å². The van der Waals surface area contributed by atoms with E-state index in [1.54, 1.807) is 75.5 Å². The number of ether oxygens (including phenoxy) is 3. The molecule has 0 spiro atoms. The van der Waals surface area contributed by atoms with E-state index < -0.39 is 47.5 Å². The summed E-state index contributed by atoms with van der Waals surface area (Å²) in [5, 5.41) is -1.48. The summed E-state index contributed by atoms with van der Waals surface area (Å²) in [5.41, 5.74) is -0.552. The third-order valence-corrected chi connectivity index (χ3v) is 10.9. The van der Waals surface area contributed by atoms with E-state index in [0.717, 1.165) is 21.8 Å². The van der Waals surface area contributed by atoms with E-state index in [1.807, 2.05) is 36.4 Å². The lowest BCUT2D eigenvalue weighted by Crippen LogP contribution is -2.56. The van der Waals surface area contributed by atoms with Gasteiger partial charge in [-0.3, -0.25) is 14.3 Å². The van der Waals surface area contributed by atoms with Crippen LogP contribution in [0.15, 0.2) is 47.1 Å². The second-order valence-electron chi connectivity index (χ2n) is 15.3. The van der Waals surface area contributed by atoms with E-state index in [2.05, 4.69) is 4.90 Å². The van der Waals surface area contributed by atoms with Crippen LogP contribution < -0.4 is 0 Å². The van der Waals surface area contributed by atoms with Crippen LogP contribution in [0.25, 0.3) is 11.3 Å². The minimum Gasteiger partial charge on any atom is -0.464 e. The van der Waals surface area contributed by atoms with Gasteiger partial charge < -0.3 is 23.2 Å². The van der Waals surface area contributed by atoms with Gasteiger partial charge in [-0.2, -0.15) is 0 Å². The van der Waals surface area contributed by atoms with Gasteiger partial charge in [-0.1, -0.05) is 24.3 Å². The molecule has 11 nitrogen and oxygen atoms in total. The number of carbonyl (C=O) groups excluding carboxylic acids is 3. The van der Waals surface area contributed by atoms with Gasteiger partial charge in [-0.05, 0) is 106 Å². The van der Waals surface area contributed by atoms with Crippen molar-refractivity contribution < 1.29 is 42.1 Å². The third kappa shape index (κ3) is 10.7. The molecule has 1 aromatic carbocycles. The lowest BCUT2D eigenvalue weighted by Gasteiger charge is -2.46. The molecule has 1 aliphatic rings. The number of carbonyl (C=O) groups is 3. The largest absolute Gasteiger partial charge is 0.464 e. The number of unbranched alkanes of at least 4 members (excludes halogenated alkanes) is 1. The fourth-order valence-corrected chi connectivity index (χ4v) is 8.66. The average Bonchev–Trinajstić information content (AvgIpc) is 3.47. The van der Waals surface area contributed by atoms with Crippen molar-refractivity contribution in [2.24, 2.45) is 0 Å². The van der Waals surface area contributed by atoms with Gasteiger partial charge in [-0.15, -0.1) is 0 Å². The summed E-state index contributed by atoms with van der Waals surface area (Å²) < 4.78 is 43.5. The van der Waals surface area contributed by atoms with Crippen LogP contribution >= 0.6 is 7.37 Å². The third-order valence-electron chi connectivity index (χ3n) is 7.61. The Hall–Kier alpha value is -3.14. The highest BCUT2D eigenvalue weighted by molar-refractivity contribution is 7.62. The second kappa shape index (κ2) is 15.6. The first-order valence-corrected chi connectivity index (χ1v) is 18.5. The van der Waals surface area contributed by atoms with Crippen molar-refractivity contribution in [1.82, 2.24) is 9.80 Å². The molecular formula is C36H55N2O9P. The molecule has 2 amide bonds. The minimum absolute atomic E-state index is 0.0204. The molecule has 2 heterocycles. The summed E-state index contributed by atoms with van der Waals surface area (Å²) in [6, 6.07) is 11.7. The maximum absolute atomic E-state index is 14.8. The molecule has 0 bridgehead atoms. The number of hydrogen-bond donors (Lipinski definition) is 0. The molecule has 2 unspecified atom stereocenters. The van der Waals surface area contributed by atoms with Gasteiger partial charge in [-0.25, -0.2) is 14.5 Å². The molecule has 2 atom stereocenters. The number of nitrogens with zero attached hydrogens (tertiary/aromatic N) is 2. The summed E-state index contributed by atoms with van der Waals surface area (Å²) in [4.78, 5) is 43.5. The van der Waals surface area contributed by atoms with Crippen molar-refractivity contribution in [3.8, 4) is 11.3 Å². The van der Waals surface area contributed by atoms with E-state index in [1.165, 1.54) is 0 Å². The predicted octanol–water partition coefficient (Wildman–Crippen LogP) is 8.50. The Morgan fingerprint density at radius 2 is 1.48 bits per heavy atom. The Labute approximate surface area is 286 Å². The summed E-state index contributed by atoms with van der Waals surface area (Å²) in [7, 11) is -3.59. The number of benzene rings is 1. The molecule has 48 heavy (non-hydrogen) atoms. The van der Waals surface area contributed by atoms with Crippen molar-refractivity contribution in [2.45, 2.75) is 117 Å². The number of hydrogen-bond acceptors (Lipinski definition) is 10. The standard InChI is InChI=1S/C36H55N2O9P/c1-11-44-48(42)24-22-37(25-27-17-12-13-18-28(27)29-19-16-23-43-29)26-36(48,30(39)45-33(2,3)4)20-14-15-21-38(31(40)46-34(5,6)7)32(41)47-35(8,9)10/h12-13,16-19,23H,11,14-15,20-22,24-26H2,1-10H3. The smallest absolute Gasteiger partial charge is 0.419 e. The van der Waals surface area contributed by atoms with Gasteiger partial charge in [0.05, 0.1) is 12.9 Å². The fraction of sp³-hybridized carbons (Fsp3) is 0.639. The maximum atomic E-state index is 14.8. The minimum atomic E-state index is -3.59. The predicted molar refractivity (Wildman–Crippen MR) is 185 cm³/mol. The molecule has 0 N–H and O–H groups in total. The summed E-state index contributed by atoms with van der Waals surface area (Å²) in [6.45, 7) is 18.7. The van der Waals surface area contributed by atoms with E-state index >= 15 is 0 Å². The van der Waals surface area contributed by atoms with Crippen LogP contribution in [-0.2, 0) is 34.6 Å². The zero-order valence-electron chi connectivity index (χ0n) is 30.4. The van der Waals surface area contributed by atoms with Crippen molar-refractivity contribution in [3.63, 3.8) is 0 Å². The van der Waals surface area contributed by atoms with E-state index in [4.69, 9.17) is 23.2 Å². The van der Waals surface area contributed by atoms with Crippen LogP contribution in [0.1, 0.15) is 94.1 Å². The van der Waals surface area contributed by atoms with Crippen LogP contribution in [0.5, 0.6) is 0 Å². The molecule has 0 saturated carbocycles. The van der Waals surface area contributed by atoms with Gasteiger partial charge in [0, 0.05) is 37.9 Å². The molecular weight excluding hydrogens is 635 g/mol. The van der Waals surface area contributed by atoms with Crippen LogP contribution in [-0.4, -0.2) is 82.3 Å². The second-order valence-corrected chi connectivity index (χ2v) is 18.2. The lowest BCUT2D eigenvalue weighted by molar-refractivity contribution is -0.160. The van der Waals surface area contributed by atoms with Gasteiger partial charge in [0.1, 0.15) is 22.6 Å². The molecule has 1 saturated heterocycles. The van der Waals surface area contributed by atoms with Gasteiger partial charge in [0.15, 0.2) is 5.16 Å². The highest BCUT2D eigenvalue weighted by atomic mass is 31.2. The monoisotopic (exact) mass is 690 g/mol. The first kappa shape index (κ1) is 39.3. The fourth-order valence-electron chi connectivity index (χ4n) is 5.65. The topological polar surface area (TPSA) is 125 Å². The van der Waals surface area contributed by atoms with Crippen molar-refractivity contribution >= 4 is 25.5 Å². The maximum Gasteiger partial charge on any atom is 0.419 e. The lowest BCUT2D eigenvalue weighted by atomic mass is 9.97. The molecule has 12 heteroatoms. The molecule has 1 aliphatic heterocycles. The Kier molecular flexibility index (Phi) is 12.8. The Morgan fingerprint density at radius 3 is 2.02 bits per heavy atom. The van der Waals surface area contributed by atoms with E-state index in [-0.39, 0.29) is 32.3 Å². The zero-order chi connectivity index (χ0) is 36.0. The molecule has 2 aromatic rings. The highest BCUT2D eigenvalue weighted by Crippen LogP contribution is 2.64. The Bertz CT molecular complexity index is 1410. The van der Waals surface area contributed by atoms with Crippen LogP contribution in [0.2, 0.25) is 0 Å². The number of esters is 1. The molecule has 3 rings (SSSR count). The van der Waals surface area contributed by atoms with Crippen LogP contribution in [0.3, 0.4) is 0 Å². The summed E-state index contributed by atoms with van der Waals surface area (Å²) in [5.74, 6) is 0.160. The number of imide groups is 1. The number of amides is 2. The van der Waals surface area contributed by atoms with Gasteiger partial charge >= 0.3 is 18.2 Å². The van der Waals surface area contributed by atoms with E-state index in [9.17, 15) is 18.9 Å². The van der Waals surface area contributed by atoms with Crippen molar-refractivity contribution in [2.75, 3.05) is 32.4 Å². The van der Waals surface area contributed by atoms with Crippen LogP contribution in [0, 0.1) is 0 Å². The molecule has 1 fully saturated rings. The average molecular weight is 691 g/mol. The first-order valence-electron chi connectivity index (χ1n) is 16.7. The Morgan fingerprint density at radius 1 is 0.875 bits per heavy atom. The molecule has 0 aliphatic carbocycles. The summed E-state index contributed by atoms with van der Waals surface area (Å²) in [6.07, 6.45) is 0.962. The molecule has 0 radical (unpaired) electrons. The quantitative estimate of drug-likeness (QED) is 0.0981.